The molecular formula is C28H24N4O2S2. The van der Waals surface area contributed by atoms with E-state index < -0.39 is 0 Å². The van der Waals surface area contributed by atoms with Crippen LogP contribution in [0.2, 0.25) is 0 Å². The summed E-state index contributed by atoms with van der Waals surface area (Å²) in [5, 5.41) is 14.8. The van der Waals surface area contributed by atoms with E-state index in [1.807, 2.05) is 97.2 Å². The molecule has 0 saturated heterocycles. The summed E-state index contributed by atoms with van der Waals surface area (Å²) in [7, 11) is 1.66. The number of aromatic nitrogens is 3. The lowest BCUT2D eigenvalue weighted by atomic mass is 10.1. The van der Waals surface area contributed by atoms with E-state index in [0.29, 0.717) is 11.3 Å². The number of anilines is 1. The van der Waals surface area contributed by atoms with Crippen LogP contribution in [0.5, 0.6) is 5.75 Å². The van der Waals surface area contributed by atoms with Crippen molar-refractivity contribution in [3.63, 3.8) is 0 Å². The first kappa shape index (κ1) is 23.8. The fourth-order valence-electron chi connectivity index (χ4n) is 3.72. The number of ether oxygens (including phenoxy) is 1. The number of benzene rings is 3. The Labute approximate surface area is 218 Å². The zero-order valence-electron chi connectivity index (χ0n) is 19.8. The monoisotopic (exact) mass is 512 g/mol. The maximum atomic E-state index is 12.6. The normalized spacial score (nSPS) is 10.8. The van der Waals surface area contributed by atoms with Gasteiger partial charge in [0.05, 0.1) is 17.7 Å². The quantitative estimate of drug-likeness (QED) is 0.230. The first-order valence-corrected chi connectivity index (χ1v) is 13.2. The molecular weight excluding hydrogens is 488 g/mol. The number of carbonyl (C=O) groups excluding carboxylic acids is 1. The van der Waals surface area contributed by atoms with Crippen molar-refractivity contribution in [2.45, 2.75) is 17.8 Å². The summed E-state index contributed by atoms with van der Waals surface area (Å²) < 4.78 is 7.39. The number of methoxy groups -OCH3 is 1. The number of aryl methyl sites for hydroxylation is 1. The zero-order valence-corrected chi connectivity index (χ0v) is 21.5. The number of thiophene rings is 1. The van der Waals surface area contributed by atoms with Gasteiger partial charge in [0.25, 0.3) is 5.91 Å². The van der Waals surface area contributed by atoms with Crippen LogP contribution in [0.25, 0.3) is 16.4 Å². The Kier molecular flexibility index (Phi) is 7.16. The van der Waals surface area contributed by atoms with E-state index in [2.05, 4.69) is 20.1 Å². The second-order valence-corrected chi connectivity index (χ2v) is 10.0. The molecule has 0 aliphatic carbocycles. The highest BCUT2D eigenvalue weighted by atomic mass is 32.2. The van der Waals surface area contributed by atoms with Crippen molar-refractivity contribution in [3.8, 4) is 22.1 Å². The summed E-state index contributed by atoms with van der Waals surface area (Å²) >= 11 is 3.23. The summed E-state index contributed by atoms with van der Waals surface area (Å²) in [6.07, 6.45) is 0. The molecule has 0 atom stereocenters. The molecule has 0 spiro atoms. The molecule has 2 heterocycles. The van der Waals surface area contributed by atoms with Crippen LogP contribution in [0.4, 0.5) is 5.69 Å². The third kappa shape index (κ3) is 5.35. The highest BCUT2D eigenvalue weighted by molar-refractivity contribution is 7.98. The van der Waals surface area contributed by atoms with Gasteiger partial charge in [0.2, 0.25) is 0 Å². The topological polar surface area (TPSA) is 69.0 Å². The predicted molar refractivity (Wildman–Crippen MR) is 146 cm³/mol. The highest BCUT2D eigenvalue weighted by Gasteiger charge is 2.17. The molecule has 36 heavy (non-hydrogen) atoms. The molecule has 0 radical (unpaired) electrons. The molecule has 0 aliphatic rings. The third-order valence-electron chi connectivity index (χ3n) is 5.57. The summed E-state index contributed by atoms with van der Waals surface area (Å²) in [6.45, 7) is 2.00. The molecule has 0 fully saturated rings. The third-order valence-corrected chi connectivity index (χ3v) is 7.43. The van der Waals surface area contributed by atoms with Gasteiger partial charge in [-0.3, -0.25) is 9.36 Å². The Morgan fingerprint density at radius 3 is 2.50 bits per heavy atom. The number of amides is 1. The Morgan fingerprint density at radius 1 is 1.00 bits per heavy atom. The van der Waals surface area contributed by atoms with Crippen molar-refractivity contribution in [2.24, 2.45) is 0 Å². The van der Waals surface area contributed by atoms with E-state index in [-0.39, 0.29) is 5.91 Å². The van der Waals surface area contributed by atoms with Gasteiger partial charge in [0.15, 0.2) is 11.0 Å². The smallest absolute Gasteiger partial charge is 0.255 e. The number of hydrogen-bond donors (Lipinski definition) is 1. The summed E-state index contributed by atoms with van der Waals surface area (Å²) in [6, 6.07) is 27.4. The van der Waals surface area contributed by atoms with Crippen molar-refractivity contribution in [1.82, 2.24) is 14.8 Å². The molecule has 3 aromatic carbocycles. The Hall–Kier alpha value is -3.88. The lowest BCUT2D eigenvalue weighted by Crippen LogP contribution is -2.11. The van der Waals surface area contributed by atoms with Crippen LogP contribution in [0, 0.1) is 6.92 Å². The molecule has 2 aromatic heterocycles. The number of hydrogen-bond acceptors (Lipinski definition) is 6. The van der Waals surface area contributed by atoms with Crippen LogP contribution in [0.3, 0.4) is 0 Å². The van der Waals surface area contributed by atoms with Gasteiger partial charge in [-0.15, -0.1) is 21.5 Å². The maximum absolute atomic E-state index is 12.6. The molecule has 0 unspecified atom stereocenters. The van der Waals surface area contributed by atoms with Gasteiger partial charge in [-0.05, 0) is 78.0 Å². The van der Waals surface area contributed by atoms with Gasteiger partial charge in [0.1, 0.15) is 5.75 Å². The molecule has 0 aliphatic heterocycles. The summed E-state index contributed by atoms with van der Waals surface area (Å²) in [4.78, 5) is 13.7. The predicted octanol–water partition coefficient (Wildman–Crippen LogP) is 6.86. The minimum atomic E-state index is -0.125. The molecule has 6 nitrogen and oxygen atoms in total. The minimum Gasteiger partial charge on any atom is -0.497 e. The SMILES string of the molecule is COc1ccc(-n2c(SCc3ccc(C(=O)Nc4cccc(C)c4)cc3)nnc2-c2cccs2)cc1. The summed E-state index contributed by atoms with van der Waals surface area (Å²) in [5.74, 6) is 2.17. The Bertz CT molecular complexity index is 1460. The first-order valence-electron chi connectivity index (χ1n) is 11.3. The summed E-state index contributed by atoms with van der Waals surface area (Å²) in [5.41, 5.74) is 4.57. The van der Waals surface area contributed by atoms with Crippen molar-refractivity contribution >= 4 is 34.7 Å². The lowest BCUT2D eigenvalue weighted by molar-refractivity contribution is 0.102. The molecule has 8 heteroatoms. The van der Waals surface area contributed by atoms with Crippen LogP contribution >= 0.6 is 23.1 Å². The zero-order chi connectivity index (χ0) is 24.9. The average Bonchev–Trinajstić information content (AvgIpc) is 3.58. The van der Waals surface area contributed by atoms with Gasteiger partial charge in [-0.1, -0.05) is 42.1 Å². The van der Waals surface area contributed by atoms with Crippen LogP contribution < -0.4 is 10.1 Å². The van der Waals surface area contributed by atoms with E-state index in [9.17, 15) is 4.79 Å². The molecule has 1 N–H and O–H groups in total. The number of nitrogens with one attached hydrogen (secondary N) is 1. The largest absolute Gasteiger partial charge is 0.497 e. The van der Waals surface area contributed by atoms with Crippen molar-refractivity contribution in [1.29, 1.82) is 0 Å². The Morgan fingerprint density at radius 2 is 1.81 bits per heavy atom. The van der Waals surface area contributed by atoms with Gasteiger partial charge in [-0.25, -0.2) is 0 Å². The van der Waals surface area contributed by atoms with Crippen molar-refractivity contribution in [2.75, 3.05) is 12.4 Å². The Balaban J connectivity index is 1.32. The lowest BCUT2D eigenvalue weighted by Gasteiger charge is -2.11. The standard InChI is InChI=1S/C28H24N4O2S2/c1-19-5-3-6-22(17-19)29-27(33)21-10-8-20(9-11-21)18-36-28-31-30-26(25-7-4-16-35-25)32(28)23-12-14-24(34-2)15-13-23/h3-17H,18H2,1-2H3,(H,29,33). The van der Waals surface area contributed by atoms with Gasteiger partial charge in [0, 0.05) is 17.0 Å². The van der Waals surface area contributed by atoms with Crippen LogP contribution in [0.15, 0.2) is 95.5 Å². The highest BCUT2D eigenvalue weighted by Crippen LogP contribution is 2.32. The van der Waals surface area contributed by atoms with E-state index in [1.54, 1.807) is 30.2 Å². The number of nitrogens with zero attached hydrogens (tertiary/aromatic N) is 3. The van der Waals surface area contributed by atoms with Crippen molar-refractivity contribution < 1.29 is 9.53 Å². The molecule has 1 amide bonds. The van der Waals surface area contributed by atoms with Crippen LogP contribution in [-0.4, -0.2) is 27.8 Å². The van der Waals surface area contributed by atoms with E-state index in [0.717, 1.165) is 44.1 Å². The molecule has 0 saturated carbocycles. The molecule has 0 bridgehead atoms. The molecule has 5 aromatic rings. The van der Waals surface area contributed by atoms with Gasteiger partial charge >= 0.3 is 0 Å². The number of rotatable bonds is 8. The number of thioether (sulfide) groups is 1. The van der Waals surface area contributed by atoms with E-state index in [1.165, 1.54) is 0 Å². The molecule has 5 rings (SSSR count). The second-order valence-electron chi connectivity index (χ2n) is 8.13. The minimum absolute atomic E-state index is 0.125. The fraction of sp³-hybridized carbons (Fsp3) is 0.107. The molecule has 180 valence electrons. The second kappa shape index (κ2) is 10.8. The van der Waals surface area contributed by atoms with Crippen molar-refractivity contribution in [3.05, 3.63) is 107 Å². The fourth-order valence-corrected chi connectivity index (χ4v) is 5.33. The van der Waals surface area contributed by atoms with Crippen LogP contribution in [0.1, 0.15) is 21.5 Å². The van der Waals surface area contributed by atoms with Gasteiger partial charge < -0.3 is 10.1 Å². The van der Waals surface area contributed by atoms with E-state index >= 15 is 0 Å². The number of carbonyl (C=O) groups is 1. The van der Waals surface area contributed by atoms with Crippen LogP contribution in [-0.2, 0) is 5.75 Å². The van der Waals surface area contributed by atoms with E-state index in [4.69, 9.17) is 4.74 Å². The first-order chi connectivity index (χ1) is 17.6. The maximum Gasteiger partial charge on any atom is 0.255 e. The average molecular weight is 513 g/mol. The van der Waals surface area contributed by atoms with Gasteiger partial charge in [-0.2, -0.15) is 0 Å².